The van der Waals surface area contributed by atoms with Gasteiger partial charge in [-0.05, 0) is 12.1 Å². The van der Waals surface area contributed by atoms with Gasteiger partial charge in [-0.2, -0.15) is 10.1 Å². The SMILES string of the molecule is c1ccc2c(CN=Nc3cc(N4CCOCC4)cc(OCCN4CCOCC4)n3)noc2c1. The molecule has 0 N–H and O–H groups in total. The summed E-state index contributed by atoms with van der Waals surface area (Å²) in [5.41, 5.74) is 2.50. The Kier molecular flexibility index (Phi) is 7.05. The number of para-hydroxylation sites is 1. The number of azo groups is 1. The van der Waals surface area contributed by atoms with E-state index in [4.69, 9.17) is 18.7 Å². The lowest BCUT2D eigenvalue weighted by molar-refractivity contribution is 0.0320. The van der Waals surface area contributed by atoms with Crippen LogP contribution in [0.25, 0.3) is 11.0 Å². The molecule has 0 aliphatic carbocycles. The number of hydrogen-bond donors (Lipinski definition) is 0. The van der Waals surface area contributed by atoms with Crippen molar-refractivity contribution in [1.82, 2.24) is 15.0 Å². The Bertz CT molecular complexity index is 1080. The van der Waals surface area contributed by atoms with Crippen molar-refractivity contribution in [3.05, 3.63) is 42.1 Å². The highest BCUT2D eigenvalue weighted by Crippen LogP contribution is 2.27. The third-order valence-corrected chi connectivity index (χ3v) is 5.76. The number of morpholine rings is 2. The molecule has 2 aromatic heterocycles. The van der Waals surface area contributed by atoms with Crippen molar-refractivity contribution in [1.29, 1.82) is 0 Å². The van der Waals surface area contributed by atoms with Gasteiger partial charge >= 0.3 is 0 Å². The number of benzene rings is 1. The first-order valence-electron chi connectivity index (χ1n) is 11.3. The molecule has 0 spiro atoms. The maximum atomic E-state index is 6.01. The van der Waals surface area contributed by atoms with Crippen molar-refractivity contribution in [2.24, 2.45) is 10.2 Å². The molecular formula is C23H28N6O4. The second kappa shape index (κ2) is 10.7. The minimum absolute atomic E-state index is 0.313. The summed E-state index contributed by atoms with van der Waals surface area (Å²) >= 11 is 0. The summed E-state index contributed by atoms with van der Waals surface area (Å²) < 4.78 is 22.3. The van der Waals surface area contributed by atoms with Gasteiger partial charge in [-0.1, -0.05) is 17.3 Å². The molecule has 0 unspecified atom stereocenters. The Hall–Kier alpha value is -3.08. The molecule has 3 aromatic rings. The lowest BCUT2D eigenvalue weighted by Crippen LogP contribution is -2.38. The molecule has 0 saturated carbocycles. The first kappa shape index (κ1) is 21.7. The molecule has 0 amide bonds. The topological polar surface area (TPSA) is 97.8 Å². The zero-order valence-electron chi connectivity index (χ0n) is 18.6. The van der Waals surface area contributed by atoms with Crippen LogP contribution in [0.1, 0.15) is 5.69 Å². The molecule has 10 nitrogen and oxygen atoms in total. The van der Waals surface area contributed by atoms with Gasteiger partial charge in [0, 0.05) is 55.9 Å². The molecule has 2 saturated heterocycles. The molecule has 2 fully saturated rings. The smallest absolute Gasteiger partial charge is 0.217 e. The molecular weight excluding hydrogens is 424 g/mol. The van der Waals surface area contributed by atoms with Crippen LogP contribution < -0.4 is 9.64 Å². The summed E-state index contributed by atoms with van der Waals surface area (Å²) in [6.45, 7) is 8.15. The fraction of sp³-hybridized carbons (Fsp3) is 0.478. The Morgan fingerprint density at radius 2 is 1.76 bits per heavy atom. The Balaban J connectivity index is 1.29. The largest absolute Gasteiger partial charge is 0.476 e. The first-order chi connectivity index (χ1) is 16.3. The molecule has 5 rings (SSSR count). The summed E-state index contributed by atoms with van der Waals surface area (Å²) in [5.74, 6) is 1.06. The van der Waals surface area contributed by atoms with Crippen LogP contribution in [-0.4, -0.2) is 80.8 Å². The predicted octanol–water partition coefficient (Wildman–Crippen LogP) is 3.05. The maximum absolute atomic E-state index is 6.01. The average Bonchev–Trinajstić information content (AvgIpc) is 3.28. The van der Waals surface area contributed by atoms with Gasteiger partial charge < -0.3 is 23.6 Å². The Labute approximate surface area is 192 Å². The van der Waals surface area contributed by atoms with Crippen LogP contribution >= 0.6 is 0 Å². The van der Waals surface area contributed by atoms with E-state index in [9.17, 15) is 0 Å². The van der Waals surface area contributed by atoms with E-state index in [-0.39, 0.29) is 0 Å². The molecule has 33 heavy (non-hydrogen) atoms. The quantitative estimate of drug-likeness (QED) is 0.481. The predicted molar refractivity (Wildman–Crippen MR) is 122 cm³/mol. The molecule has 4 heterocycles. The van der Waals surface area contributed by atoms with E-state index in [1.54, 1.807) is 0 Å². The van der Waals surface area contributed by atoms with Crippen LogP contribution in [0.4, 0.5) is 11.5 Å². The lowest BCUT2D eigenvalue weighted by Gasteiger charge is -2.29. The monoisotopic (exact) mass is 452 g/mol. The van der Waals surface area contributed by atoms with Crippen LogP contribution in [0.5, 0.6) is 5.88 Å². The normalized spacial score (nSPS) is 17.8. The van der Waals surface area contributed by atoms with Crippen LogP contribution in [0.3, 0.4) is 0 Å². The van der Waals surface area contributed by atoms with E-state index >= 15 is 0 Å². The number of ether oxygens (including phenoxy) is 3. The number of nitrogens with zero attached hydrogens (tertiary/aromatic N) is 6. The summed E-state index contributed by atoms with van der Waals surface area (Å²) in [5, 5.41) is 13.8. The molecule has 2 aliphatic rings. The fourth-order valence-corrected chi connectivity index (χ4v) is 3.94. The number of hydrogen-bond acceptors (Lipinski definition) is 10. The van der Waals surface area contributed by atoms with Crippen molar-refractivity contribution in [3.63, 3.8) is 0 Å². The summed E-state index contributed by atoms with van der Waals surface area (Å²) in [6.07, 6.45) is 0. The second-order valence-corrected chi connectivity index (χ2v) is 7.95. The molecule has 0 radical (unpaired) electrons. The van der Waals surface area contributed by atoms with Crippen LogP contribution in [0, 0.1) is 0 Å². The molecule has 2 aliphatic heterocycles. The third-order valence-electron chi connectivity index (χ3n) is 5.76. The average molecular weight is 453 g/mol. The van der Waals surface area contributed by atoms with Crippen molar-refractivity contribution in [2.75, 3.05) is 70.7 Å². The first-order valence-corrected chi connectivity index (χ1v) is 11.3. The van der Waals surface area contributed by atoms with Gasteiger partial charge in [0.05, 0.1) is 26.4 Å². The maximum Gasteiger partial charge on any atom is 0.217 e. The number of pyridine rings is 1. The molecule has 10 heteroatoms. The van der Waals surface area contributed by atoms with E-state index in [0.717, 1.165) is 68.3 Å². The van der Waals surface area contributed by atoms with E-state index in [1.165, 1.54) is 0 Å². The highest BCUT2D eigenvalue weighted by molar-refractivity contribution is 5.79. The molecule has 0 atom stereocenters. The van der Waals surface area contributed by atoms with Crippen molar-refractivity contribution in [2.45, 2.75) is 6.54 Å². The highest BCUT2D eigenvalue weighted by atomic mass is 16.5. The van der Waals surface area contributed by atoms with Crippen LogP contribution in [-0.2, 0) is 16.0 Å². The van der Waals surface area contributed by atoms with Gasteiger partial charge in [0.25, 0.3) is 0 Å². The lowest BCUT2D eigenvalue weighted by atomic mass is 10.2. The van der Waals surface area contributed by atoms with Gasteiger partial charge in [0.1, 0.15) is 18.8 Å². The highest BCUT2D eigenvalue weighted by Gasteiger charge is 2.15. The summed E-state index contributed by atoms with van der Waals surface area (Å²) in [4.78, 5) is 9.15. The van der Waals surface area contributed by atoms with Crippen molar-refractivity contribution < 1.29 is 18.7 Å². The third kappa shape index (κ3) is 5.65. The zero-order chi connectivity index (χ0) is 22.3. The second-order valence-electron chi connectivity index (χ2n) is 7.95. The van der Waals surface area contributed by atoms with Gasteiger partial charge in [0.2, 0.25) is 5.88 Å². The number of fused-ring (bicyclic) bond motifs is 1. The van der Waals surface area contributed by atoms with E-state index < -0.39 is 0 Å². The van der Waals surface area contributed by atoms with Crippen LogP contribution in [0.2, 0.25) is 0 Å². The van der Waals surface area contributed by atoms with Gasteiger partial charge in [-0.3, -0.25) is 4.90 Å². The standard InChI is InChI=1S/C23H28N6O4/c1-2-4-21-19(3-1)20(27-33-21)17-24-26-22-15-18(29-8-12-31-13-9-29)16-23(25-22)32-14-7-28-5-10-30-11-6-28/h1-4,15-16H,5-14,17H2. The van der Waals surface area contributed by atoms with Crippen molar-refractivity contribution >= 4 is 22.5 Å². The van der Waals surface area contributed by atoms with E-state index in [1.807, 2.05) is 36.4 Å². The summed E-state index contributed by atoms with van der Waals surface area (Å²) in [7, 11) is 0. The van der Waals surface area contributed by atoms with Gasteiger partial charge in [-0.15, -0.1) is 5.11 Å². The molecule has 174 valence electrons. The van der Waals surface area contributed by atoms with Gasteiger partial charge in [-0.25, -0.2) is 0 Å². The van der Waals surface area contributed by atoms with Crippen molar-refractivity contribution in [3.8, 4) is 5.88 Å². The Morgan fingerprint density at radius 3 is 2.61 bits per heavy atom. The number of rotatable bonds is 8. The zero-order valence-corrected chi connectivity index (χ0v) is 18.6. The number of aromatic nitrogens is 2. The fourth-order valence-electron chi connectivity index (χ4n) is 3.94. The van der Waals surface area contributed by atoms with E-state index in [2.05, 4.69) is 30.2 Å². The minimum Gasteiger partial charge on any atom is -0.476 e. The van der Waals surface area contributed by atoms with E-state index in [0.29, 0.717) is 38.1 Å². The number of anilines is 1. The molecule has 1 aromatic carbocycles. The van der Waals surface area contributed by atoms with Crippen LogP contribution in [0.15, 0.2) is 51.1 Å². The summed E-state index contributed by atoms with van der Waals surface area (Å²) in [6, 6.07) is 11.6. The van der Waals surface area contributed by atoms with Gasteiger partial charge in [0.15, 0.2) is 11.4 Å². The molecule has 0 bridgehead atoms. The minimum atomic E-state index is 0.313. The Morgan fingerprint density at radius 1 is 0.970 bits per heavy atom.